The van der Waals surface area contributed by atoms with Crippen LogP contribution in [-0.2, 0) is 11.3 Å². The second kappa shape index (κ2) is 6.82. The third-order valence-corrected chi connectivity index (χ3v) is 4.86. The van der Waals surface area contributed by atoms with Gasteiger partial charge in [-0.3, -0.25) is 4.79 Å². The Bertz CT molecular complexity index is 930. The number of aryl methyl sites for hydroxylation is 3. The van der Waals surface area contributed by atoms with Crippen molar-refractivity contribution in [3.05, 3.63) is 47.5 Å². The van der Waals surface area contributed by atoms with E-state index in [1.165, 1.54) is 0 Å². The fourth-order valence-electron chi connectivity index (χ4n) is 3.58. The maximum absolute atomic E-state index is 12.6. The van der Waals surface area contributed by atoms with Gasteiger partial charge in [-0.15, -0.1) is 5.10 Å². The predicted molar refractivity (Wildman–Crippen MR) is 97.6 cm³/mol. The number of likely N-dealkylation sites (tertiary alicyclic amines) is 1. The van der Waals surface area contributed by atoms with Crippen molar-refractivity contribution in [2.24, 2.45) is 0 Å². The molecule has 2 aromatic heterocycles. The summed E-state index contributed by atoms with van der Waals surface area (Å²) in [7, 11) is 0. The van der Waals surface area contributed by atoms with Gasteiger partial charge in [0.25, 0.3) is 0 Å². The van der Waals surface area contributed by atoms with E-state index in [2.05, 4.69) is 20.3 Å². The molecule has 1 fully saturated rings. The molecule has 0 saturated carbocycles. The molecule has 3 heterocycles. The molecular weight excluding hydrogens is 328 g/mol. The van der Waals surface area contributed by atoms with Crippen LogP contribution in [0.4, 0.5) is 0 Å². The molecule has 1 atom stereocenters. The lowest BCUT2D eigenvalue weighted by atomic mass is 10.1. The Hall–Kier alpha value is -2.83. The molecule has 0 unspecified atom stereocenters. The van der Waals surface area contributed by atoms with Gasteiger partial charge < -0.3 is 4.90 Å². The zero-order valence-corrected chi connectivity index (χ0v) is 15.1. The average molecular weight is 350 g/mol. The molecule has 7 nitrogen and oxygen atoms in total. The van der Waals surface area contributed by atoms with Crippen molar-refractivity contribution in [3.63, 3.8) is 0 Å². The maximum Gasteiger partial charge on any atom is 0.224 e. The summed E-state index contributed by atoms with van der Waals surface area (Å²) in [6, 6.07) is 9.77. The first-order valence-corrected chi connectivity index (χ1v) is 8.98. The molecule has 1 aliphatic rings. The van der Waals surface area contributed by atoms with Gasteiger partial charge in [-0.25, -0.2) is 14.6 Å². The fraction of sp³-hybridized carbons (Fsp3) is 0.421. The van der Waals surface area contributed by atoms with Crippen LogP contribution in [0.2, 0.25) is 0 Å². The van der Waals surface area contributed by atoms with Gasteiger partial charge in [0, 0.05) is 36.8 Å². The molecule has 1 saturated heterocycles. The van der Waals surface area contributed by atoms with E-state index in [1.807, 2.05) is 49.1 Å². The first-order chi connectivity index (χ1) is 12.6. The molecule has 7 heteroatoms. The lowest BCUT2D eigenvalue weighted by Crippen LogP contribution is -2.29. The topological polar surface area (TPSA) is 76.8 Å². The Morgan fingerprint density at radius 2 is 1.96 bits per heavy atom. The van der Waals surface area contributed by atoms with Crippen LogP contribution >= 0.6 is 0 Å². The Kier molecular flexibility index (Phi) is 4.36. The van der Waals surface area contributed by atoms with Crippen LogP contribution in [0.5, 0.6) is 0 Å². The number of fused-ring (bicyclic) bond motifs is 1. The number of nitrogens with zero attached hydrogens (tertiary/aromatic N) is 6. The molecule has 4 rings (SSSR count). The summed E-state index contributed by atoms with van der Waals surface area (Å²) in [6.45, 7) is 5.97. The Balaban J connectivity index is 1.38. The number of amides is 1. The van der Waals surface area contributed by atoms with E-state index in [9.17, 15) is 4.79 Å². The number of rotatable bonds is 4. The van der Waals surface area contributed by atoms with Gasteiger partial charge in [-0.2, -0.15) is 0 Å². The predicted octanol–water partition coefficient (Wildman–Crippen LogP) is 2.24. The van der Waals surface area contributed by atoms with Crippen molar-refractivity contribution in [1.82, 2.24) is 29.9 Å². The van der Waals surface area contributed by atoms with Gasteiger partial charge in [0.1, 0.15) is 11.3 Å². The summed E-state index contributed by atoms with van der Waals surface area (Å²) in [5, 5.41) is 8.29. The van der Waals surface area contributed by atoms with Gasteiger partial charge in [-0.05, 0) is 38.5 Å². The van der Waals surface area contributed by atoms with Crippen molar-refractivity contribution >= 4 is 16.9 Å². The Morgan fingerprint density at radius 1 is 1.19 bits per heavy atom. The minimum Gasteiger partial charge on any atom is -0.342 e. The second-order valence-corrected chi connectivity index (χ2v) is 6.89. The summed E-state index contributed by atoms with van der Waals surface area (Å²) in [5.41, 5.74) is 3.78. The van der Waals surface area contributed by atoms with E-state index in [-0.39, 0.29) is 11.8 Å². The van der Waals surface area contributed by atoms with Gasteiger partial charge in [0.15, 0.2) is 0 Å². The van der Waals surface area contributed by atoms with Gasteiger partial charge in [-0.1, -0.05) is 17.3 Å². The minimum atomic E-state index is 0.149. The molecule has 0 aliphatic carbocycles. The molecule has 0 radical (unpaired) electrons. The van der Waals surface area contributed by atoms with Crippen LogP contribution in [0.3, 0.4) is 0 Å². The van der Waals surface area contributed by atoms with Crippen molar-refractivity contribution < 1.29 is 4.79 Å². The lowest BCUT2D eigenvalue weighted by Gasteiger charge is -2.16. The molecule has 1 aromatic carbocycles. The van der Waals surface area contributed by atoms with E-state index < -0.39 is 0 Å². The zero-order valence-electron chi connectivity index (χ0n) is 15.1. The summed E-state index contributed by atoms with van der Waals surface area (Å²) in [6.07, 6.45) is 1.34. The standard InChI is InChI=1S/C19H22N6O/c1-13-11-14(2)21-19(20-13)15-7-9-24(12-15)18(26)8-10-25-17-6-4-3-5-16(17)22-23-25/h3-6,11,15H,7-10,12H2,1-2H3/t15-/m1/s1. The van der Waals surface area contributed by atoms with Crippen molar-refractivity contribution in [2.45, 2.75) is 39.2 Å². The number of para-hydroxylation sites is 1. The zero-order chi connectivity index (χ0) is 18.1. The molecule has 0 bridgehead atoms. The highest BCUT2D eigenvalue weighted by atomic mass is 16.2. The molecule has 134 valence electrons. The lowest BCUT2D eigenvalue weighted by molar-refractivity contribution is -0.130. The molecule has 1 aliphatic heterocycles. The first kappa shape index (κ1) is 16.6. The molecule has 26 heavy (non-hydrogen) atoms. The Labute approximate surface area is 152 Å². The maximum atomic E-state index is 12.6. The quantitative estimate of drug-likeness (QED) is 0.721. The van der Waals surface area contributed by atoms with Crippen molar-refractivity contribution in [1.29, 1.82) is 0 Å². The number of hydrogen-bond donors (Lipinski definition) is 0. The van der Waals surface area contributed by atoms with Crippen LogP contribution in [0, 0.1) is 13.8 Å². The van der Waals surface area contributed by atoms with Crippen molar-refractivity contribution in [2.75, 3.05) is 13.1 Å². The monoisotopic (exact) mass is 350 g/mol. The highest BCUT2D eigenvalue weighted by Gasteiger charge is 2.29. The number of carbonyl (C=O) groups excluding carboxylic acids is 1. The minimum absolute atomic E-state index is 0.149. The number of aromatic nitrogens is 5. The SMILES string of the molecule is Cc1cc(C)nc([C@@H]2CCN(C(=O)CCn3nnc4ccccc43)C2)n1. The van der Waals surface area contributed by atoms with E-state index >= 15 is 0 Å². The fourth-order valence-corrected chi connectivity index (χ4v) is 3.58. The third kappa shape index (κ3) is 3.29. The van der Waals surface area contributed by atoms with Crippen LogP contribution in [0.25, 0.3) is 11.0 Å². The molecular formula is C19H22N6O. The summed E-state index contributed by atoms with van der Waals surface area (Å²) < 4.78 is 1.80. The number of carbonyl (C=O) groups is 1. The highest BCUT2D eigenvalue weighted by Crippen LogP contribution is 2.25. The van der Waals surface area contributed by atoms with Crippen LogP contribution in [0.1, 0.15) is 36.0 Å². The average Bonchev–Trinajstić information content (AvgIpc) is 3.26. The van der Waals surface area contributed by atoms with Gasteiger partial charge in [0.2, 0.25) is 5.91 Å². The molecule has 3 aromatic rings. The molecule has 0 N–H and O–H groups in total. The van der Waals surface area contributed by atoms with E-state index in [0.717, 1.165) is 41.2 Å². The second-order valence-electron chi connectivity index (χ2n) is 6.89. The third-order valence-electron chi connectivity index (χ3n) is 4.86. The van der Waals surface area contributed by atoms with Crippen molar-refractivity contribution in [3.8, 4) is 0 Å². The van der Waals surface area contributed by atoms with Crippen LogP contribution in [-0.4, -0.2) is 48.9 Å². The van der Waals surface area contributed by atoms with E-state index in [1.54, 1.807) is 4.68 Å². The number of hydrogen-bond acceptors (Lipinski definition) is 5. The smallest absolute Gasteiger partial charge is 0.224 e. The van der Waals surface area contributed by atoms with Crippen LogP contribution < -0.4 is 0 Å². The van der Waals surface area contributed by atoms with Crippen LogP contribution in [0.15, 0.2) is 30.3 Å². The van der Waals surface area contributed by atoms with E-state index in [0.29, 0.717) is 19.5 Å². The molecule has 0 spiro atoms. The number of benzene rings is 1. The summed E-state index contributed by atoms with van der Waals surface area (Å²) in [5.74, 6) is 1.24. The van der Waals surface area contributed by atoms with E-state index in [4.69, 9.17) is 0 Å². The highest BCUT2D eigenvalue weighted by molar-refractivity contribution is 5.77. The van der Waals surface area contributed by atoms with Gasteiger partial charge >= 0.3 is 0 Å². The largest absolute Gasteiger partial charge is 0.342 e. The molecule has 1 amide bonds. The van der Waals surface area contributed by atoms with Gasteiger partial charge in [0.05, 0.1) is 12.1 Å². The normalized spacial score (nSPS) is 17.2. The Morgan fingerprint density at radius 3 is 2.77 bits per heavy atom. The first-order valence-electron chi connectivity index (χ1n) is 8.98. The summed E-state index contributed by atoms with van der Waals surface area (Å²) >= 11 is 0. The summed E-state index contributed by atoms with van der Waals surface area (Å²) in [4.78, 5) is 23.7.